The van der Waals surface area contributed by atoms with Crippen molar-refractivity contribution in [2.45, 2.75) is 17.7 Å². The summed E-state index contributed by atoms with van der Waals surface area (Å²) >= 11 is 0. The maximum atomic E-state index is 12.4. The number of amides is 1. The van der Waals surface area contributed by atoms with E-state index >= 15 is 0 Å². The second kappa shape index (κ2) is 7.35. The molecule has 1 amide bonds. The maximum absolute atomic E-state index is 12.4. The summed E-state index contributed by atoms with van der Waals surface area (Å²) in [5.74, 6) is 0.628. The van der Waals surface area contributed by atoms with E-state index in [9.17, 15) is 13.2 Å². The lowest BCUT2D eigenvalue weighted by atomic mass is 10.3. The quantitative estimate of drug-likeness (QED) is 0.801. The van der Waals surface area contributed by atoms with Crippen molar-refractivity contribution in [1.29, 1.82) is 0 Å². The minimum Gasteiger partial charge on any atom is -0.465 e. The number of benzene rings is 1. The normalized spacial score (nSPS) is 14.5. The third-order valence-corrected chi connectivity index (χ3v) is 4.86. The van der Waals surface area contributed by atoms with E-state index in [4.69, 9.17) is 4.42 Å². The van der Waals surface area contributed by atoms with Crippen LogP contribution in [0.1, 0.15) is 18.6 Å². The number of sulfonamides is 1. The van der Waals surface area contributed by atoms with Gasteiger partial charge in [0.05, 0.1) is 11.2 Å². The molecule has 1 aromatic heterocycles. The van der Waals surface area contributed by atoms with E-state index in [-0.39, 0.29) is 10.8 Å². The summed E-state index contributed by atoms with van der Waals surface area (Å²) in [5.41, 5.74) is 0.380. The third kappa shape index (κ3) is 4.57. The molecular formula is C17H17N3O4S. The molecule has 0 spiro atoms. The van der Waals surface area contributed by atoms with Crippen molar-refractivity contribution in [2.75, 3.05) is 11.9 Å². The molecule has 2 N–H and O–H groups in total. The van der Waals surface area contributed by atoms with Gasteiger partial charge in [-0.05, 0) is 42.8 Å². The van der Waals surface area contributed by atoms with E-state index in [1.165, 1.54) is 30.5 Å². The Morgan fingerprint density at radius 1 is 1.24 bits per heavy atom. The molecule has 0 unspecified atom stereocenters. The van der Waals surface area contributed by atoms with Crippen LogP contribution in [0.25, 0.3) is 6.08 Å². The average molecular weight is 359 g/mol. The Hall–Kier alpha value is -2.87. The first-order chi connectivity index (χ1) is 12.0. The van der Waals surface area contributed by atoms with Crippen molar-refractivity contribution in [2.24, 2.45) is 4.99 Å². The topological polar surface area (TPSA) is 101 Å². The SMILES string of the molecule is O=C(C=Cc1ccco1)Nc1cccc(S(=O)(=O)NC2=NCCC2)c1. The highest BCUT2D eigenvalue weighted by Crippen LogP contribution is 2.16. The summed E-state index contributed by atoms with van der Waals surface area (Å²) in [6, 6.07) is 9.48. The number of amidine groups is 1. The van der Waals surface area contributed by atoms with Gasteiger partial charge in [-0.2, -0.15) is 0 Å². The van der Waals surface area contributed by atoms with Crippen molar-refractivity contribution in [3.8, 4) is 0 Å². The fraction of sp³-hybridized carbons (Fsp3) is 0.176. The van der Waals surface area contributed by atoms with Crippen LogP contribution in [-0.2, 0) is 14.8 Å². The van der Waals surface area contributed by atoms with Gasteiger partial charge >= 0.3 is 0 Å². The van der Waals surface area contributed by atoms with Crippen LogP contribution in [0.3, 0.4) is 0 Å². The summed E-state index contributed by atoms with van der Waals surface area (Å²) in [5, 5.41) is 2.62. The number of anilines is 1. The van der Waals surface area contributed by atoms with Gasteiger partial charge in [0.15, 0.2) is 0 Å². The van der Waals surface area contributed by atoms with Crippen molar-refractivity contribution in [3.63, 3.8) is 0 Å². The highest BCUT2D eigenvalue weighted by molar-refractivity contribution is 7.90. The molecule has 3 rings (SSSR count). The first kappa shape index (κ1) is 17.0. The second-order valence-electron chi connectivity index (χ2n) is 5.40. The summed E-state index contributed by atoms with van der Waals surface area (Å²) in [7, 11) is -3.71. The number of carbonyl (C=O) groups excluding carboxylic acids is 1. The Kier molecular flexibility index (Phi) is 4.99. The summed E-state index contributed by atoms with van der Waals surface area (Å²) < 4.78 is 32.3. The second-order valence-corrected chi connectivity index (χ2v) is 7.09. The van der Waals surface area contributed by atoms with Gasteiger partial charge in [0.2, 0.25) is 5.91 Å². The van der Waals surface area contributed by atoms with Gasteiger partial charge in [-0.3, -0.25) is 14.5 Å². The summed E-state index contributed by atoms with van der Waals surface area (Å²) in [4.78, 5) is 16.1. The Balaban J connectivity index is 1.69. The fourth-order valence-electron chi connectivity index (χ4n) is 2.31. The molecule has 25 heavy (non-hydrogen) atoms. The molecule has 0 radical (unpaired) electrons. The van der Waals surface area contributed by atoms with Gasteiger partial charge in [-0.25, -0.2) is 8.42 Å². The molecule has 8 heteroatoms. The lowest BCUT2D eigenvalue weighted by molar-refractivity contribution is -0.111. The first-order valence-corrected chi connectivity index (χ1v) is 9.20. The zero-order chi connectivity index (χ0) is 17.7. The number of aliphatic imine (C=N–C) groups is 1. The van der Waals surface area contributed by atoms with Gasteiger partial charge in [0, 0.05) is 24.7 Å². The molecule has 0 bridgehead atoms. The first-order valence-electron chi connectivity index (χ1n) is 7.72. The molecule has 130 valence electrons. The molecule has 0 saturated heterocycles. The van der Waals surface area contributed by atoms with Crippen LogP contribution in [0.5, 0.6) is 0 Å². The maximum Gasteiger partial charge on any atom is 0.262 e. The van der Waals surface area contributed by atoms with Crippen molar-refractivity contribution < 1.29 is 17.6 Å². The molecule has 2 aromatic rings. The number of rotatable bonds is 5. The monoisotopic (exact) mass is 359 g/mol. The van der Waals surface area contributed by atoms with E-state index in [0.717, 1.165) is 6.42 Å². The molecule has 0 fully saturated rings. The molecule has 1 aliphatic heterocycles. The summed E-state index contributed by atoms with van der Waals surface area (Å²) in [6.45, 7) is 0.635. The standard InChI is InChI=1S/C17H17N3O4S/c21-17(9-8-14-5-3-11-24-14)19-13-4-1-6-15(12-13)25(22,23)20-16-7-2-10-18-16/h1,3-6,8-9,11-12H,2,7,10H2,(H,18,20)(H,19,21). The molecule has 7 nitrogen and oxygen atoms in total. The van der Waals surface area contributed by atoms with E-state index in [1.54, 1.807) is 24.3 Å². The Morgan fingerprint density at radius 3 is 2.84 bits per heavy atom. The predicted octanol–water partition coefficient (Wildman–Crippen LogP) is 2.40. The molecule has 1 aliphatic rings. The molecular weight excluding hydrogens is 342 g/mol. The van der Waals surface area contributed by atoms with Crippen LogP contribution in [0.15, 0.2) is 63.0 Å². The van der Waals surface area contributed by atoms with Crippen molar-refractivity contribution >= 4 is 33.5 Å². The molecule has 0 saturated carbocycles. The van der Waals surface area contributed by atoms with Gasteiger partial charge in [0.1, 0.15) is 11.6 Å². The van der Waals surface area contributed by atoms with Crippen molar-refractivity contribution in [1.82, 2.24) is 4.72 Å². The minimum absolute atomic E-state index is 0.0647. The van der Waals surface area contributed by atoms with Crippen LogP contribution in [0, 0.1) is 0 Å². The number of hydrogen-bond acceptors (Lipinski definition) is 5. The van der Waals surface area contributed by atoms with Crippen LogP contribution >= 0.6 is 0 Å². The number of furan rings is 1. The minimum atomic E-state index is -3.71. The molecule has 0 atom stereocenters. The molecule has 1 aromatic carbocycles. The number of hydrogen-bond donors (Lipinski definition) is 2. The highest BCUT2D eigenvalue weighted by atomic mass is 32.2. The van der Waals surface area contributed by atoms with E-state index < -0.39 is 10.0 Å². The fourth-order valence-corrected chi connectivity index (χ4v) is 3.44. The third-order valence-electron chi connectivity index (χ3n) is 3.48. The Labute approximate surface area is 145 Å². The Bertz CT molecular complexity index is 915. The van der Waals surface area contributed by atoms with Crippen LogP contribution in [0.4, 0.5) is 5.69 Å². The van der Waals surface area contributed by atoms with Crippen LogP contribution in [0.2, 0.25) is 0 Å². The van der Waals surface area contributed by atoms with Gasteiger partial charge in [0.25, 0.3) is 10.0 Å². The zero-order valence-corrected chi connectivity index (χ0v) is 14.1. The van der Waals surface area contributed by atoms with Gasteiger partial charge < -0.3 is 9.73 Å². The lowest BCUT2D eigenvalue weighted by Crippen LogP contribution is -2.29. The van der Waals surface area contributed by atoms with Crippen LogP contribution in [-0.4, -0.2) is 26.7 Å². The predicted molar refractivity (Wildman–Crippen MR) is 94.7 cm³/mol. The van der Waals surface area contributed by atoms with Gasteiger partial charge in [-0.15, -0.1) is 0 Å². The zero-order valence-electron chi connectivity index (χ0n) is 13.3. The number of carbonyl (C=O) groups is 1. The van der Waals surface area contributed by atoms with Crippen LogP contribution < -0.4 is 10.0 Å². The van der Waals surface area contributed by atoms with E-state index in [1.807, 2.05) is 0 Å². The van der Waals surface area contributed by atoms with Crippen molar-refractivity contribution in [3.05, 3.63) is 54.5 Å². The number of nitrogens with one attached hydrogen (secondary N) is 2. The van der Waals surface area contributed by atoms with Gasteiger partial charge in [-0.1, -0.05) is 6.07 Å². The van der Waals surface area contributed by atoms with E-state index in [2.05, 4.69) is 15.0 Å². The largest absolute Gasteiger partial charge is 0.465 e. The summed E-state index contributed by atoms with van der Waals surface area (Å²) in [6.07, 6.45) is 5.80. The lowest BCUT2D eigenvalue weighted by Gasteiger charge is -2.09. The molecule has 0 aliphatic carbocycles. The highest BCUT2D eigenvalue weighted by Gasteiger charge is 2.18. The Morgan fingerprint density at radius 2 is 2.12 bits per heavy atom. The molecule has 2 heterocycles. The van der Waals surface area contributed by atoms with E-state index in [0.29, 0.717) is 30.2 Å². The average Bonchev–Trinajstić information content (AvgIpc) is 3.26. The number of nitrogens with zero attached hydrogens (tertiary/aromatic N) is 1. The smallest absolute Gasteiger partial charge is 0.262 e.